The number of amides is 1. The Hall–Kier alpha value is -3.28. The lowest BCUT2D eigenvalue weighted by molar-refractivity contribution is -0.152. The standard InChI is InChI=1S/C23H23NO5/c1-24(20-8-4-6-15-5-2-3-7-18(15)20)22(26)14-29-23(27)11-16-13-28-21-12-17(25)9-10-19(16)21/h2-3,5,7,9-10,12-13,20,25H,4,6,8,11,14H2,1H3/t20-/m1/s1. The van der Waals surface area contributed by atoms with Crippen molar-refractivity contribution in [1.82, 2.24) is 4.90 Å². The van der Waals surface area contributed by atoms with Crippen LogP contribution in [0, 0.1) is 0 Å². The molecular weight excluding hydrogens is 370 g/mol. The van der Waals surface area contributed by atoms with Crippen LogP contribution in [0.3, 0.4) is 0 Å². The lowest BCUT2D eigenvalue weighted by Crippen LogP contribution is -2.36. The molecule has 0 aliphatic heterocycles. The van der Waals surface area contributed by atoms with Crippen LogP contribution in [-0.2, 0) is 27.2 Å². The zero-order valence-electron chi connectivity index (χ0n) is 16.3. The fraction of sp³-hybridized carbons (Fsp3) is 0.304. The van der Waals surface area contributed by atoms with Gasteiger partial charge in [-0.2, -0.15) is 0 Å². The van der Waals surface area contributed by atoms with Gasteiger partial charge in [0.25, 0.3) is 5.91 Å². The molecule has 1 N–H and O–H groups in total. The van der Waals surface area contributed by atoms with E-state index in [1.165, 1.54) is 29.5 Å². The minimum absolute atomic E-state index is 0.00102. The van der Waals surface area contributed by atoms with Gasteiger partial charge in [0.1, 0.15) is 11.3 Å². The first-order valence-electron chi connectivity index (χ1n) is 9.71. The van der Waals surface area contributed by atoms with Crippen molar-refractivity contribution in [1.29, 1.82) is 0 Å². The van der Waals surface area contributed by atoms with Crippen molar-refractivity contribution in [2.75, 3.05) is 13.7 Å². The second kappa shape index (κ2) is 7.99. The molecule has 29 heavy (non-hydrogen) atoms. The minimum Gasteiger partial charge on any atom is -0.508 e. The molecule has 1 aliphatic rings. The zero-order chi connectivity index (χ0) is 20.4. The van der Waals surface area contributed by atoms with Gasteiger partial charge in [0.2, 0.25) is 0 Å². The van der Waals surface area contributed by atoms with Gasteiger partial charge in [-0.05, 0) is 42.5 Å². The molecule has 1 aliphatic carbocycles. The Morgan fingerprint density at radius 2 is 2.07 bits per heavy atom. The molecule has 1 atom stereocenters. The van der Waals surface area contributed by atoms with E-state index < -0.39 is 5.97 Å². The van der Waals surface area contributed by atoms with Crippen molar-refractivity contribution in [2.45, 2.75) is 31.7 Å². The van der Waals surface area contributed by atoms with Gasteiger partial charge in [0, 0.05) is 24.1 Å². The Balaban J connectivity index is 1.36. The molecule has 0 bridgehead atoms. The number of nitrogens with zero attached hydrogens (tertiary/aromatic N) is 1. The highest BCUT2D eigenvalue weighted by Gasteiger charge is 2.27. The third-order valence-corrected chi connectivity index (χ3v) is 5.53. The van der Waals surface area contributed by atoms with Crippen molar-refractivity contribution in [3.05, 3.63) is 65.4 Å². The number of rotatable bonds is 5. The number of benzene rings is 2. The number of aryl methyl sites for hydroxylation is 1. The summed E-state index contributed by atoms with van der Waals surface area (Å²) in [5.41, 5.74) is 3.61. The van der Waals surface area contributed by atoms with Crippen molar-refractivity contribution in [2.24, 2.45) is 0 Å². The third-order valence-electron chi connectivity index (χ3n) is 5.53. The van der Waals surface area contributed by atoms with Gasteiger partial charge in [-0.25, -0.2) is 0 Å². The van der Waals surface area contributed by atoms with E-state index in [2.05, 4.69) is 12.1 Å². The second-order valence-corrected chi connectivity index (χ2v) is 7.39. The largest absolute Gasteiger partial charge is 0.508 e. The van der Waals surface area contributed by atoms with E-state index in [1.54, 1.807) is 18.0 Å². The number of fused-ring (bicyclic) bond motifs is 2. The van der Waals surface area contributed by atoms with Gasteiger partial charge in [0.05, 0.1) is 18.7 Å². The summed E-state index contributed by atoms with van der Waals surface area (Å²) in [6, 6.07) is 12.9. The summed E-state index contributed by atoms with van der Waals surface area (Å²) < 4.78 is 10.6. The van der Waals surface area contributed by atoms with E-state index in [9.17, 15) is 14.7 Å². The van der Waals surface area contributed by atoms with E-state index in [4.69, 9.17) is 9.15 Å². The molecule has 4 rings (SSSR count). The van der Waals surface area contributed by atoms with E-state index in [0.29, 0.717) is 11.1 Å². The predicted octanol–water partition coefficient (Wildman–Crippen LogP) is 3.76. The van der Waals surface area contributed by atoms with Crippen LogP contribution in [-0.4, -0.2) is 35.5 Å². The van der Waals surface area contributed by atoms with Crippen LogP contribution in [0.1, 0.15) is 35.6 Å². The van der Waals surface area contributed by atoms with Crippen LogP contribution in [0.15, 0.2) is 53.1 Å². The van der Waals surface area contributed by atoms with E-state index in [-0.39, 0.29) is 30.7 Å². The lowest BCUT2D eigenvalue weighted by Gasteiger charge is -2.33. The Morgan fingerprint density at radius 3 is 2.93 bits per heavy atom. The average Bonchev–Trinajstić information content (AvgIpc) is 3.12. The number of carbonyl (C=O) groups is 2. The number of likely N-dealkylation sites (N-methyl/N-ethyl adjacent to an activating group) is 1. The van der Waals surface area contributed by atoms with Crippen molar-refractivity contribution < 1.29 is 23.8 Å². The number of phenolic OH excluding ortho intramolecular Hbond substituents is 1. The van der Waals surface area contributed by atoms with Gasteiger partial charge in [0.15, 0.2) is 6.61 Å². The van der Waals surface area contributed by atoms with Gasteiger partial charge in [-0.15, -0.1) is 0 Å². The van der Waals surface area contributed by atoms with E-state index in [0.717, 1.165) is 24.6 Å². The molecule has 0 radical (unpaired) electrons. The van der Waals surface area contributed by atoms with Crippen LogP contribution >= 0.6 is 0 Å². The van der Waals surface area contributed by atoms with E-state index in [1.807, 2.05) is 12.1 Å². The molecule has 6 nitrogen and oxygen atoms in total. The maximum atomic E-state index is 12.6. The Morgan fingerprint density at radius 1 is 1.24 bits per heavy atom. The number of aromatic hydroxyl groups is 1. The molecule has 1 heterocycles. The molecule has 0 fully saturated rings. The topological polar surface area (TPSA) is 80.0 Å². The molecule has 1 amide bonds. The van der Waals surface area contributed by atoms with Crippen molar-refractivity contribution in [3.63, 3.8) is 0 Å². The Labute approximate surface area is 168 Å². The average molecular weight is 393 g/mol. The number of carbonyl (C=O) groups excluding carboxylic acids is 2. The summed E-state index contributed by atoms with van der Waals surface area (Å²) in [6.45, 7) is -0.287. The molecule has 0 spiro atoms. The SMILES string of the molecule is CN(C(=O)COC(=O)Cc1coc2cc(O)ccc12)[C@@H]1CCCc2ccccc21. The fourth-order valence-electron chi connectivity index (χ4n) is 3.96. The Bertz CT molecular complexity index is 1050. The molecule has 2 aromatic carbocycles. The van der Waals surface area contributed by atoms with Crippen molar-refractivity contribution >= 4 is 22.8 Å². The molecule has 6 heteroatoms. The minimum atomic E-state index is -0.494. The normalized spacial score (nSPS) is 15.7. The first-order valence-corrected chi connectivity index (χ1v) is 9.71. The summed E-state index contributed by atoms with van der Waals surface area (Å²) in [7, 11) is 1.76. The van der Waals surface area contributed by atoms with Crippen LogP contribution in [0.4, 0.5) is 0 Å². The van der Waals surface area contributed by atoms with Crippen LogP contribution < -0.4 is 0 Å². The quantitative estimate of drug-likeness (QED) is 0.668. The predicted molar refractivity (Wildman–Crippen MR) is 107 cm³/mol. The van der Waals surface area contributed by atoms with Gasteiger partial charge >= 0.3 is 5.97 Å². The van der Waals surface area contributed by atoms with Crippen molar-refractivity contribution in [3.8, 4) is 5.75 Å². The Kier molecular flexibility index (Phi) is 5.25. The number of furan rings is 1. The molecule has 150 valence electrons. The number of ether oxygens (including phenoxy) is 1. The molecular formula is C23H23NO5. The summed E-state index contributed by atoms with van der Waals surface area (Å²) in [6.07, 6.45) is 4.43. The van der Waals surface area contributed by atoms with Gasteiger partial charge in [-0.1, -0.05) is 24.3 Å². The zero-order valence-corrected chi connectivity index (χ0v) is 16.3. The summed E-state index contributed by atoms with van der Waals surface area (Å²) >= 11 is 0. The second-order valence-electron chi connectivity index (χ2n) is 7.39. The highest BCUT2D eigenvalue weighted by Crippen LogP contribution is 2.33. The van der Waals surface area contributed by atoms with Gasteiger partial charge in [-0.3, -0.25) is 9.59 Å². The molecule has 1 aromatic heterocycles. The first-order chi connectivity index (χ1) is 14.0. The third kappa shape index (κ3) is 3.97. The number of esters is 1. The smallest absolute Gasteiger partial charge is 0.310 e. The maximum absolute atomic E-state index is 12.6. The summed E-state index contributed by atoms with van der Waals surface area (Å²) in [4.78, 5) is 26.5. The monoisotopic (exact) mass is 393 g/mol. The molecule has 0 unspecified atom stereocenters. The van der Waals surface area contributed by atoms with Gasteiger partial charge < -0.3 is 19.2 Å². The van der Waals surface area contributed by atoms with Crippen LogP contribution in [0.25, 0.3) is 11.0 Å². The summed E-state index contributed by atoms with van der Waals surface area (Å²) in [5.74, 6) is -0.618. The highest BCUT2D eigenvalue weighted by atomic mass is 16.5. The van der Waals surface area contributed by atoms with E-state index >= 15 is 0 Å². The molecule has 0 saturated carbocycles. The fourth-order valence-corrected chi connectivity index (χ4v) is 3.96. The number of hydrogen-bond donors (Lipinski definition) is 1. The molecule has 3 aromatic rings. The lowest BCUT2D eigenvalue weighted by atomic mass is 9.87. The first kappa shape index (κ1) is 19.1. The van der Waals surface area contributed by atoms with Crippen LogP contribution in [0.5, 0.6) is 5.75 Å². The summed E-state index contributed by atoms with van der Waals surface area (Å²) in [5, 5.41) is 10.2. The number of hydrogen-bond acceptors (Lipinski definition) is 5. The maximum Gasteiger partial charge on any atom is 0.310 e. The number of phenols is 1. The molecule has 0 saturated heterocycles. The highest BCUT2D eigenvalue weighted by molar-refractivity contribution is 5.87. The van der Waals surface area contributed by atoms with Crippen LogP contribution in [0.2, 0.25) is 0 Å².